The number of rotatable bonds is 9. The largest absolute Gasteiger partial charge is 0.481 e. The van der Waals surface area contributed by atoms with Crippen LogP contribution in [0.15, 0.2) is 85.1 Å². The molecular weight excluding hydrogens is 514 g/mol. The van der Waals surface area contributed by atoms with Crippen molar-refractivity contribution in [3.8, 4) is 22.4 Å². The minimum atomic E-state index is -0.867. The van der Waals surface area contributed by atoms with Gasteiger partial charge in [-0.05, 0) is 60.7 Å². The topological polar surface area (TPSA) is 88.8 Å². The maximum atomic E-state index is 15.6. The number of halogens is 2. The summed E-state index contributed by atoms with van der Waals surface area (Å²) < 4.78 is 38.4. The van der Waals surface area contributed by atoms with Gasteiger partial charge in [0.1, 0.15) is 29.6 Å². The van der Waals surface area contributed by atoms with Gasteiger partial charge >= 0.3 is 5.97 Å². The van der Waals surface area contributed by atoms with Gasteiger partial charge in [-0.1, -0.05) is 54.6 Å². The molecule has 0 bridgehead atoms. The van der Waals surface area contributed by atoms with Gasteiger partial charge in [0.05, 0.1) is 17.2 Å². The van der Waals surface area contributed by atoms with Crippen LogP contribution in [0, 0.1) is 11.6 Å². The summed E-state index contributed by atoms with van der Waals surface area (Å²) in [6.07, 6.45) is 2.50. The van der Waals surface area contributed by atoms with Gasteiger partial charge in [-0.2, -0.15) is 5.10 Å². The number of aliphatic carboxylic acids is 1. The first kappa shape index (κ1) is 25.6. The lowest BCUT2D eigenvalue weighted by Crippen LogP contribution is -2.19. The van der Waals surface area contributed by atoms with Gasteiger partial charge < -0.3 is 15.2 Å². The monoisotopic (exact) mass is 540 g/mol. The van der Waals surface area contributed by atoms with Crippen LogP contribution in [0.4, 0.5) is 14.5 Å². The number of carbonyl (C=O) groups is 1. The first-order valence-electron chi connectivity index (χ1n) is 13.0. The molecule has 9 heteroatoms. The van der Waals surface area contributed by atoms with Crippen LogP contribution in [0.5, 0.6) is 0 Å². The maximum absolute atomic E-state index is 15.6. The summed E-state index contributed by atoms with van der Waals surface area (Å²) in [5, 5.41) is 21.4. The van der Waals surface area contributed by atoms with E-state index in [1.807, 2.05) is 37.3 Å². The van der Waals surface area contributed by atoms with E-state index < -0.39 is 23.0 Å². The summed E-state index contributed by atoms with van der Waals surface area (Å²) in [4.78, 5) is 11.6. The van der Waals surface area contributed by atoms with Crippen molar-refractivity contribution in [2.45, 2.75) is 31.3 Å². The Hall–Kier alpha value is -4.63. The first-order valence-corrected chi connectivity index (χ1v) is 13.0. The van der Waals surface area contributed by atoms with Crippen molar-refractivity contribution in [1.82, 2.24) is 14.8 Å². The Morgan fingerprint density at radius 3 is 2.42 bits per heavy atom. The lowest BCUT2D eigenvalue weighted by atomic mass is 9.93. The molecule has 1 atom stereocenters. The van der Waals surface area contributed by atoms with Crippen molar-refractivity contribution in [2.75, 3.05) is 12.0 Å². The molecule has 0 saturated heterocycles. The van der Waals surface area contributed by atoms with Gasteiger partial charge in [-0.3, -0.25) is 4.79 Å². The van der Waals surface area contributed by atoms with Gasteiger partial charge in [-0.25, -0.2) is 8.78 Å². The average molecular weight is 541 g/mol. The standard InChI is InChI=1S/C31H26F2N4O3/c1-19(20-6-3-2-4-7-20)40-18-34-29-27-8-5-15-35-37(27)36-28(29)24-17-25(32)23(16-26(24)33)21-9-11-22(12-10-21)31(13-14-31)30(38)39/h2-12,15-17,19,34H,13-14,18H2,1H3,(H,38,39). The Morgan fingerprint density at radius 2 is 1.73 bits per heavy atom. The van der Waals surface area contributed by atoms with E-state index in [0.717, 1.165) is 17.7 Å². The van der Waals surface area contributed by atoms with Crippen molar-refractivity contribution in [3.63, 3.8) is 0 Å². The molecule has 5 aromatic rings. The van der Waals surface area contributed by atoms with E-state index in [0.29, 0.717) is 35.2 Å². The normalized spacial score (nSPS) is 14.7. The summed E-state index contributed by atoms with van der Waals surface area (Å²) in [5.74, 6) is -2.16. The van der Waals surface area contributed by atoms with Gasteiger partial charge in [0.25, 0.3) is 0 Å². The summed E-state index contributed by atoms with van der Waals surface area (Å²) in [5.41, 5.74) is 2.56. The van der Waals surface area contributed by atoms with E-state index >= 15 is 8.78 Å². The Bertz CT molecular complexity index is 1700. The van der Waals surface area contributed by atoms with E-state index in [1.165, 1.54) is 4.63 Å². The predicted octanol–water partition coefficient (Wildman–Crippen LogP) is 6.60. The number of hydrogen-bond donors (Lipinski definition) is 2. The molecule has 7 nitrogen and oxygen atoms in total. The number of carboxylic acids is 1. The summed E-state index contributed by atoms with van der Waals surface area (Å²) >= 11 is 0. The van der Waals surface area contributed by atoms with Crippen LogP contribution in [-0.2, 0) is 14.9 Å². The summed E-state index contributed by atoms with van der Waals surface area (Å²) in [6.45, 7) is 2.04. The molecule has 1 saturated carbocycles. The van der Waals surface area contributed by atoms with E-state index in [4.69, 9.17) is 4.74 Å². The zero-order valence-corrected chi connectivity index (χ0v) is 21.6. The van der Waals surface area contributed by atoms with Crippen LogP contribution in [-0.4, -0.2) is 32.6 Å². The van der Waals surface area contributed by atoms with Crippen molar-refractivity contribution in [2.24, 2.45) is 0 Å². The predicted molar refractivity (Wildman–Crippen MR) is 147 cm³/mol. The van der Waals surface area contributed by atoms with Crippen LogP contribution >= 0.6 is 0 Å². The molecule has 202 valence electrons. The molecule has 0 radical (unpaired) electrons. The smallest absolute Gasteiger partial charge is 0.314 e. The molecule has 2 heterocycles. The molecule has 3 aromatic carbocycles. The molecule has 2 aromatic heterocycles. The Balaban J connectivity index is 1.30. The van der Waals surface area contributed by atoms with E-state index in [-0.39, 0.29) is 29.7 Å². The number of aromatic nitrogens is 3. The number of benzene rings is 3. The second kappa shape index (κ2) is 10.2. The van der Waals surface area contributed by atoms with Gasteiger partial charge in [0.15, 0.2) is 0 Å². The lowest BCUT2D eigenvalue weighted by molar-refractivity contribution is -0.140. The summed E-state index contributed by atoms with van der Waals surface area (Å²) in [6, 6.07) is 22.1. The zero-order valence-electron chi connectivity index (χ0n) is 21.6. The highest BCUT2D eigenvalue weighted by atomic mass is 19.1. The fourth-order valence-corrected chi connectivity index (χ4v) is 4.99. The third-order valence-electron chi connectivity index (χ3n) is 7.49. The Kier molecular flexibility index (Phi) is 6.51. The molecule has 1 aliphatic rings. The highest BCUT2D eigenvalue weighted by Crippen LogP contribution is 2.48. The van der Waals surface area contributed by atoms with Gasteiger partial charge in [0, 0.05) is 17.3 Å². The third-order valence-corrected chi connectivity index (χ3v) is 7.49. The number of carboxylic acid groups (broad SMARTS) is 1. The Labute approximate surface area is 229 Å². The van der Waals surface area contributed by atoms with Gasteiger partial charge in [-0.15, -0.1) is 9.73 Å². The van der Waals surface area contributed by atoms with Gasteiger partial charge in [0.2, 0.25) is 0 Å². The number of ether oxygens (including phenoxy) is 1. The van der Waals surface area contributed by atoms with E-state index in [9.17, 15) is 9.90 Å². The van der Waals surface area contributed by atoms with Crippen LogP contribution in [0.2, 0.25) is 0 Å². The van der Waals surface area contributed by atoms with Crippen LogP contribution in [0.3, 0.4) is 0 Å². The second-order valence-electron chi connectivity index (χ2n) is 9.94. The van der Waals surface area contributed by atoms with Crippen LogP contribution in [0.25, 0.3) is 27.9 Å². The fourth-order valence-electron chi connectivity index (χ4n) is 4.99. The number of nitrogens with zero attached hydrogens (tertiary/aromatic N) is 3. The first-order chi connectivity index (χ1) is 19.4. The average Bonchev–Trinajstić information content (AvgIpc) is 3.72. The van der Waals surface area contributed by atoms with Crippen molar-refractivity contribution >= 4 is 17.2 Å². The SMILES string of the molecule is CC(OCNc1c(-c2cc(F)c(-c3ccc(C4(C(=O)O)CC4)cc3)cc2F)nn2ncccc12)c1ccccc1. The van der Waals surface area contributed by atoms with Crippen molar-refractivity contribution in [1.29, 1.82) is 0 Å². The molecule has 0 aliphatic heterocycles. The highest BCUT2D eigenvalue weighted by Gasteiger charge is 2.51. The second-order valence-corrected chi connectivity index (χ2v) is 9.94. The molecule has 2 N–H and O–H groups in total. The fraction of sp³-hybridized carbons (Fsp3) is 0.194. The molecule has 0 spiro atoms. The minimum Gasteiger partial charge on any atom is -0.481 e. The number of fused-ring (bicyclic) bond motifs is 1. The van der Waals surface area contributed by atoms with Crippen molar-refractivity contribution < 1.29 is 23.4 Å². The molecule has 40 heavy (non-hydrogen) atoms. The third kappa shape index (κ3) is 4.58. The number of nitrogens with one attached hydrogen (secondary N) is 1. The summed E-state index contributed by atoms with van der Waals surface area (Å²) in [7, 11) is 0. The van der Waals surface area contributed by atoms with E-state index in [1.54, 1.807) is 42.6 Å². The number of hydrogen-bond acceptors (Lipinski definition) is 5. The van der Waals surface area contributed by atoms with Crippen LogP contribution < -0.4 is 5.32 Å². The van der Waals surface area contributed by atoms with E-state index in [2.05, 4.69) is 15.5 Å². The zero-order chi connectivity index (χ0) is 27.9. The highest BCUT2D eigenvalue weighted by molar-refractivity contribution is 5.88. The molecule has 6 rings (SSSR count). The molecule has 1 unspecified atom stereocenters. The molecular formula is C31H26F2N4O3. The molecule has 1 aliphatic carbocycles. The minimum absolute atomic E-state index is 0.0233. The molecule has 0 amide bonds. The number of anilines is 1. The van der Waals surface area contributed by atoms with Crippen LogP contribution in [0.1, 0.15) is 37.0 Å². The maximum Gasteiger partial charge on any atom is 0.314 e. The molecule has 1 fully saturated rings. The lowest BCUT2D eigenvalue weighted by Gasteiger charge is -2.15. The quantitative estimate of drug-likeness (QED) is 0.205. The van der Waals surface area contributed by atoms with Crippen molar-refractivity contribution in [3.05, 3.63) is 108 Å². The Morgan fingerprint density at radius 1 is 1.02 bits per heavy atom.